The predicted octanol–water partition coefficient (Wildman–Crippen LogP) is 3.52. The average molecular weight is 244 g/mol. The molecule has 1 aromatic carbocycles. The standard InChI is InChI=1S/C16H24N2/c1-4-5-14-6-8-15(9-7-14)11-18-12-16(10-17)13(2)3/h6-9,13,16,18H,4-5,11-12H2,1-3H3. The maximum Gasteiger partial charge on any atom is 0.0671 e. The summed E-state index contributed by atoms with van der Waals surface area (Å²) in [5.41, 5.74) is 2.69. The van der Waals surface area contributed by atoms with Gasteiger partial charge in [0.15, 0.2) is 0 Å². The van der Waals surface area contributed by atoms with Gasteiger partial charge < -0.3 is 5.32 Å². The first-order valence-electron chi connectivity index (χ1n) is 6.85. The first-order chi connectivity index (χ1) is 8.67. The van der Waals surface area contributed by atoms with E-state index in [-0.39, 0.29) is 5.92 Å². The molecule has 0 aliphatic heterocycles. The molecular formula is C16H24N2. The Labute approximate surface area is 111 Å². The van der Waals surface area contributed by atoms with Gasteiger partial charge in [-0.05, 0) is 23.5 Å². The van der Waals surface area contributed by atoms with E-state index in [4.69, 9.17) is 5.26 Å². The molecule has 2 nitrogen and oxygen atoms in total. The summed E-state index contributed by atoms with van der Waals surface area (Å²) in [6.45, 7) is 8.00. The van der Waals surface area contributed by atoms with Crippen LogP contribution in [0.2, 0.25) is 0 Å². The van der Waals surface area contributed by atoms with Crippen LogP contribution in [0.1, 0.15) is 38.3 Å². The van der Waals surface area contributed by atoms with E-state index in [9.17, 15) is 0 Å². The molecule has 0 spiro atoms. The molecule has 0 aromatic heterocycles. The largest absolute Gasteiger partial charge is 0.311 e. The van der Waals surface area contributed by atoms with Crippen molar-refractivity contribution in [3.8, 4) is 6.07 Å². The Morgan fingerprint density at radius 2 is 1.78 bits per heavy atom. The van der Waals surface area contributed by atoms with Gasteiger partial charge >= 0.3 is 0 Å². The molecule has 1 aromatic rings. The maximum atomic E-state index is 9.00. The lowest BCUT2D eigenvalue weighted by Gasteiger charge is -2.13. The van der Waals surface area contributed by atoms with Crippen LogP contribution >= 0.6 is 0 Å². The van der Waals surface area contributed by atoms with Crippen LogP contribution in [0.4, 0.5) is 0 Å². The molecule has 0 amide bonds. The summed E-state index contributed by atoms with van der Waals surface area (Å²) in [6.07, 6.45) is 2.34. The monoisotopic (exact) mass is 244 g/mol. The Hall–Kier alpha value is -1.33. The van der Waals surface area contributed by atoms with Crippen molar-refractivity contribution in [1.82, 2.24) is 5.32 Å². The van der Waals surface area contributed by atoms with Gasteiger partial charge in [0, 0.05) is 13.1 Å². The van der Waals surface area contributed by atoms with Crippen LogP contribution in [0.5, 0.6) is 0 Å². The normalized spacial score (nSPS) is 12.4. The second-order valence-corrected chi connectivity index (χ2v) is 5.18. The lowest BCUT2D eigenvalue weighted by molar-refractivity contribution is 0.442. The number of benzene rings is 1. The summed E-state index contributed by atoms with van der Waals surface area (Å²) in [6, 6.07) is 11.1. The molecule has 1 rings (SSSR count). The molecule has 98 valence electrons. The molecule has 2 heteroatoms. The quantitative estimate of drug-likeness (QED) is 0.796. The van der Waals surface area contributed by atoms with Gasteiger partial charge in [-0.15, -0.1) is 0 Å². The third kappa shape index (κ3) is 4.89. The summed E-state index contributed by atoms with van der Waals surface area (Å²) in [7, 11) is 0. The summed E-state index contributed by atoms with van der Waals surface area (Å²) >= 11 is 0. The molecule has 18 heavy (non-hydrogen) atoms. The van der Waals surface area contributed by atoms with Crippen LogP contribution in [0.15, 0.2) is 24.3 Å². The summed E-state index contributed by atoms with van der Waals surface area (Å²) in [5.74, 6) is 0.513. The number of aryl methyl sites for hydroxylation is 1. The Bertz CT molecular complexity index is 373. The van der Waals surface area contributed by atoms with Gasteiger partial charge in [-0.3, -0.25) is 0 Å². The topological polar surface area (TPSA) is 35.8 Å². The molecule has 1 atom stereocenters. The van der Waals surface area contributed by atoms with Crippen molar-refractivity contribution in [1.29, 1.82) is 5.26 Å². The highest BCUT2D eigenvalue weighted by molar-refractivity contribution is 5.22. The lowest BCUT2D eigenvalue weighted by atomic mass is 9.97. The SMILES string of the molecule is CCCc1ccc(CNCC(C#N)C(C)C)cc1. The molecule has 0 saturated heterocycles. The fourth-order valence-electron chi connectivity index (χ4n) is 1.91. The second-order valence-electron chi connectivity index (χ2n) is 5.18. The number of nitriles is 1. The number of nitrogens with one attached hydrogen (secondary N) is 1. The van der Waals surface area contributed by atoms with E-state index >= 15 is 0 Å². The molecule has 1 N–H and O–H groups in total. The van der Waals surface area contributed by atoms with Crippen LogP contribution in [0.3, 0.4) is 0 Å². The minimum Gasteiger partial charge on any atom is -0.311 e. The van der Waals surface area contributed by atoms with Crippen LogP contribution in [-0.2, 0) is 13.0 Å². The van der Waals surface area contributed by atoms with E-state index < -0.39 is 0 Å². The van der Waals surface area contributed by atoms with Crippen LogP contribution < -0.4 is 5.32 Å². The van der Waals surface area contributed by atoms with Crippen LogP contribution in [-0.4, -0.2) is 6.54 Å². The van der Waals surface area contributed by atoms with Gasteiger partial charge in [0.2, 0.25) is 0 Å². The molecule has 0 heterocycles. The number of hydrogen-bond donors (Lipinski definition) is 1. The molecule has 0 saturated carbocycles. The smallest absolute Gasteiger partial charge is 0.0671 e. The Balaban J connectivity index is 2.37. The zero-order valence-corrected chi connectivity index (χ0v) is 11.7. The molecule has 0 fully saturated rings. The fraction of sp³-hybridized carbons (Fsp3) is 0.562. The van der Waals surface area contributed by atoms with E-state index in [1.165, 1.54) is 17.5 Å². The maximum absolute atomic E-state index is 9.00. The Morgan fingerprint density at radius 1 is 1.17 bits per heavy atom. The van der Waals surface area contributed by atoms with Gasteiger partial charge in [0.1, 0.15) is 0 Å². The van der Waals surface area contributed by atoms with Crippen molar-refractivity contribution >= 4 is 0 Å². The van der Waals surface area contributed by atoms with Crippen molar-refractivity contribution in [3.05, 3.63) is 35.4 Å². The molecule has 1 unspecified atom stereocenters. The van der Waals surface area contributed by atoms with Gasteiger partial charge in [-0.2, -0.15) is 5.26 Å². The number of nitrogens with zero attached hydrogens (tertiary/aromatic N) is 1. The van der Waals surface area contributed by atoms with Crippen molar-refractivity contribution in [2.75, 3.05) is 6.54 Å². The zero-order chi connectivity index (χ0) is 13.4. The van der Waals surface area contributed by atoms with Crippen LogP contribution in [0, 0.1) is 23.2 Å². The van der Waals surface area contributed by atoms with E-state index in [2.05, 4.69) is 56.4 Å². The fourth-order valence-corrected chi connectivity index (χ4v) is 1.91. The van der Waals surface area contributed by atoms with Gasteiger partial charge in [-0.1, -0.05) is 51.5 Å². The van der Waals surface area contributed by atoms with Crippen molar-refractivity contribution < 1.29 is 0 Å². The summed E-state index contributed by atoms with van der Waals surface area (Å²) in [4.78, 5) is 0. The first kappa shape index (κ1) is 14.7. The summed E-state index contributed by atoms with van der Waals surface area (Å²) < 4.78 is 0. The molecule has 0 aliphatic carbocycles. The minimum absolute atomic E-state index is 0.101. The van der Waals surface area contributed by atoms with Crippen LogP contribution in [0.25, 0.3) is 0 Å². The Kier molecular flexibility index (Phi) is 6.46. The van der Waals surface area contributed by atoms with Gasteiger partial charge in [0.25, 0.3) is 0 Å². The van der Waals surface area contributed by atoms with Crippen molar-refractivity contribution in [2.24, 2.45) is 11.8 Å². The molecular weight excluding hydrogens is 220 g/mol. The average Bonchev–Trinajstić information content (AvgIpc) is 2.36. The van der Waals surface area contributed by atoms with Gasteiger partial charge in [-0.25, -0.2) is 0 Å². The highest BCUT2D eigenvalue weighted by Gasteiger charge is 2.11. The minimum atomic E-state index is 0.101. The summed E-state index contributed by atoms with van der Waals surface area (Å²) in [5, 5.41) is 12.4. The highest BCUT2D eigenvalue weighted by Crippen LogP contribution is 2.09. The number of rotatable bonds is 7. The number of hydrogen-bond acceptors (Lipinski definition) is 2. The van der Waals surface area contributed by atoms with E-state index in [0.29, 0.717) is 5.92 Å². The predicted molar refractivity (Wildman–Crippen MR) is 76.1 cm³/mol. The first-order valence-corrected chi connectivity index (χ1v) is 6.85. The van der Waals surface area contributed by atoms with Gasteiger partial charge in [0.05, 0.1) is 12.0 Å². The third-order valence-electron chi connectivity index (χ3n) is 3.23. The Morgan fingerprint density at radius 3 is 2.28 bits per heavy atom. The van der Waals surface area contributed by atoms with E-state index in [1.54, 1.807) is 0 Å². The molecule has 0 aliphatic rings. The van der Waals surface area contributed by atoms with Crippen molar-refractivity contribution in [2.45, 2.75) is 40.2 Å². The molecule has 0 radical (unpaired) electrons. The van der Waals surface area contributed by atoms with Crippen molar-refractivity contribution in [3.63, 3.8) is 0 Å². The second kappa shape index (κ2) is 7.89. The molecule has 0 bridgehead atoms. The lowest BCUT2D eigenvalue weighted by Crippen LogP contribution is -2.24. The van der Waals surface area contributed by atoms with E-state index in [1.807, 2.05) is 0 Å². The zero-order valence-electron chi connectivity index (χ0n) is 11.7. The highest BCUT2D eigenvalue weighted by atomic mass is 14.9. The third-order valence-corrected chi connectivity index (χ3v) is 3.23. The van der Waals surface area contributed by atoms with E-state index in [0.717, 1.165) is 19.5 Å².